The third-order valence-electron chi connectivity index (χ3n) is 6.03. The molecule has 1 N–H and O–H groups in total. The highest BCUT2D eigenvalue weighted by Crippen LogP contribution is 2.25. The average Bonchev–Trinajstić information content (AvgIpc) is 3.09. The van der Waals surface area contributed by atoms with Crippen LogP contribution in [-0.2, 0) is 29.1 Å². The van der Waals surface area contributed by atoms with E-state index in [0.29, 0.717) is 24.4 Å². The highest BCUT2D eigenvalue weighted by atomic mass is 16.2. The van der Waals surface area contributed by atoms with E-state index in [0.717, 1.165) is 48.6 Å². The summed E-state index contributed by atoms with van der Waals surface area (Å²) >= 11 is 0. The molecule has 33 heavy (non-hydrogen) atoms. The molecule has 8 nitrogen and oxygen atoms in total. The molecule has 0 bridgehead atoms. The van der Waals surface area contributed by atoms with Gasteiger partial charge >= 0.3 is 0 Å². The van der Waals surface area contributed by atoms with Gasteiger partial charge in [0.05, 0.1) is 6.54 Å². The number of aryl methyl sites for hydroxylation is 1. The van der Waals surface area contributed by atoms with Crippen LogP contribution in [0.25, 0.3) is 11.4 Å². The summed E-state index contributed by atoms with van der Waals surface area (Å²) in [4.78, 5) is 25.3. The Balaban J connectivity index is 1.32. The van der Waals surface area contributed by atoms with E-state index in [1.165, 1.54) is 11.4 Å². The number of amides is 2. The van der Waals surface area contributed by atoms with Crippen LogP contribution in [0.3, 0.4) is 0 Å². The maximum Gasteiger partial charge on any atom is 0.271 e. The van der Waals surface area contributed by atoms with Crippen LogP contribution in [-0.4, -0.2) is 37.3 Å². The number of hydrogen-bond donors (Lipinski definition) is 1. The number of carbonyl (C=O) groups is 2. The molecule has 2 aliphatic heterocycles. The molecule has 0 atom stereocenters. The minimum absolute atomic E-state index is 0.0788. The van der Waals surface area contributed by atoms with E-state index in [-0.39, 0.29) is 18.2 Å². The number of anilines is 1. The standard InChI is InChI=1S/C25H26N6O2/c32-23-14-13-21(29-31(23)17-18-8-3-1-4-9-18)25(33)26-20-11-7-10-19(16-20)24-28-27-22-12-5-2-6-15-30(22)24/h1,3-4,7-11,16H,2,5-6,12-15,17H2,(H,26,33). The van der Waals surface area contributed by atoms with Crippen molar-refractivity contribution in [3.63, 3.8) is 0 Å². The van der Waals surface area contributed by atoms with Crippen LogP contribution >= 0.6 is 0 Å². The zero-order valence-corrected chi connectivity index (χ0v) is 18.4. The molecule has 3 heterocycles. The molecular weight excluding hydrogens is 416 g/mol. The number of hydrazone groups is 1. The lowest BCUT2D eigenvalue weighted by atomic mass is 10.1. The zero-order chi connectivity index (χ0) is 22.6. The molecule has 8 heteroatoms. The summed E-state index contributed by atoms with van der Waals surface area (Å²) in [5.74, 6) is 1.48. The fraction of sp³-hybridized carbons (Fsp3) is 0.320. The summed E-state index contributed by atoms with van der Waals surface area (Å²) < 4.78 is 2.19. The number of nitrogens with one attached hydrogen (secondary N) is 1. The Kier molecular flexibility index (Phi) is 5.97. The van der Waals surface area contributed by atoms with Gasteiger partial charge in [-0.25, -0.2) is 5.01 Å². The van der Waals surface area contributed by atoms with E-state index >= 15 is 0 Å². The van der Waals surface area contributed by atoms with E-state index < -0.39 is 0 Å². The van der Waals surface area contributed by atoms with Crippen molar-refractivity contribution in [1.29, 1.82) is 0 Å². The van der Waals surface area contributed by atoms with Gasteiger partial charge in [0.1, 0.15) is 11.5 Å². The van der Waals surface area contributed by atoms with Gasteiger partial charge in [0, 0.05) is 37.1 Å². The fourth-order valence-electron chi connectivity index (χ4n) is 4.28. The number of rotatable bonds is 5. The molecule has 2 aromatic carbocycles. The van der Waals surface area contributed by atoms with Crippen LogP contribution in [0.15, 0.2) is 59.7 Å². The van der Waals surface area contributed by atoms with E-state index in [1.807, 2.05) is 54.6 Å². The Morgan fingerprint density at radius 3 is 2.70 bits per heavy atom. The number of hydrogen-bond acceptors (Lipinski definition) is 5. The Morgan fingerprint density at radius 1 is 0.939 bits per heavy atom. The Labute approximate surface area is 192 Å². The average molecular weight is 443 g/mol. The molecule has 5 rings (SSSR count). The number of benzene rings is 2. The molecule has 2 aliphatic rings. The van der Waals surface area contributed by atoms with Crippen LogP contribution < -0.4 is 5.32 Å². The van der Waals surface area contributed by atoms with Crippen molar-refractivity contribution in [1.82, 2.24) is 19.8 Å². The van der Waals surface area contributed by atoms with Gasteiger partial charge in [-0.2, -0.15) is 5.10 Å². The Morgan fingerprint density at radius 2 is 1.82 bits per heavy atom. The van der Waals surface area contributed by atoms with Gasteiger partial charge in [-0.3, -0.25) is 9.59 Å². The van der Waals surface area contributed by atoms with E-state index in [9.17, 15) is 9.59 Å². The van der Waals surface area contributed by atoms with Crippen molar-refractivity contribution in [2.75, 3.05) is 5.32 Å². The van der Waals surface area contributed by atoms with Crippen molar-refractivity contribution < 1.29 is 9.59 Å². The first-order chi connectivity index (χ1) is 16.2. The first kappa shape index (κ1) is 21.1. The van der Waals surface area contributed by atoms with Crippen LogP contribution in [0.1, 0.15) is 43.5 Å². The van der Waals surface area contributed by atoms with Crippen LogP contribution in [0, 0.1) is 0 Å². The van der Waals surface area contributed by atoms with Crippen molar-refractivity contribution >= 4 is 23.2 Å². The molecule has 168 valence electrons. The van der Waals surface area contributed by atoms with Gasteiger partial charge in [0.2, 0.25) is 5.91 Å². The predicted molar refractivity (Wildman–Crippen MR) is 125 cm³/mol. The van der Waals surface area contributed by atoms with Gasteiger partial charge in [0.15, 0.2) is 5.82 Å². The predicted octanol–water partition coefficient (Wildman–Crippen LogP) is 3.79. The first-order valence-corrected chi connectivity index (χ1v) is 11.4. The van der Waals surface area contributed by atoms with Crippen molar-refractivity contribution in [2.45, 2.75) is 51.6 Å². The van der Waals surface area contributed by atoms with Gasteiger partial charge in [-0.15, -0.1) is 10.2 Å². The molecule has 0 spiro atoms. The van der Waals surface area contributed by atoms with E-state index in [2.05, 4.69) is 25.2 Å². The van der Waals surface area contributed by atoms with Crippen LogP contribution in [0.2, 0.25) is 0 Å². The highest BCUT2D eigenvalue weighted by Gasteiger charge is 2.25. The van der Waals surface area contributed by atoms with Crippen molar-refractivity contribution in [2.24, 2.45) is 5.10 Å². The third-order valence-corrected chi connectivity index (χ3v) is 6.03. The van der Waals surface area contributed by atoms with E-state index in [1.54, 1.807) is 0 Å². The maximum atomic E-state index is 12.9. The molecule has 0 fully saturated rings. The molecular formula is C25H26N6O2. The van der Waals surface area contributed by atoms with Crippen molar-refractivity contribution in [3.8, 4) is 11.4 Å². The van der Waals surface area contributed by atoms with Gasteiger partial charge in [-0.05, 0) is 30.5 Å². The molecule has 1 aromatic heterocycles. The van der Waals surface area contributed by atoms with Crippen molar-refractivity contribution in [3.05, 3.63) is 66.0 Å². The second kappa shape index (κ2) is 9.36. The Hall–Kier alpha value is -3.81. The monoisotopic (exact) mass is 442 g/mol. The van der Waals surface area contributed by atoms with Gasteiger partial charge < -0.3 is 9.88 Å². The lowest BCUT2D eigenvalue weighted by Crippen LogP contribution is -2.36. The summed E-state index contributed by atoms with van der Waals surface area (Å²) in [5.41, 5.74) is 2.90. The highest BCUT2D eigenvalue weighted by molar-refractivity contribution is 6.43. The molecule has 2 amide bonds. The smallest absolute Gasteiger partial charge is 0.271 e. The minimum atomic E-state index is -0.294. The molecule has 0 radical (unpaired) electrons. The molecule has 0 aliphatic carbocycles. The lowest BCUT2D eigenvalue weighted by molar-refractivity contribution is -0.132. The number of fused-ring (bicyclic) bond motifs is 1. The third kappa shape index (κ3) is 4.69. The lowest BCUT2D eigenvalue weighted by Gasteiger charge is -2.23. The summed E-state index contributed by atoms with van der Waals surface area (Å²) in [6.07, 6.45) is 5.00. The number of nitrogens with zero attached hydrogens (tertiary/aromatic N) is 5. The molecule has 3 aromatic rings. The summed E-state index contributed by atoms with van der Waals surface area (Å²) in [6, 6.07) is 17.3. The summed E-state index contributed by atoms with van der Waals surface area (Å²) in [7, 11) is 0. The largest absolute Gasteiger partial charge is 0.321 e. The van der Waals surface area contributed by atoms with Crippen LogP contribution in [0.4, 0.5) is 5.69 Å². The summed E-state index contributed by atoms with van der Waals surface area (Å²) in [5, 5.41) is 17.5. The Bertz CT molecular complexity index is 1200. The number of carbonyl (C=O) groups excluding carboxylic acids is 2. The van der Waals surface area contributed by atoms with Gasteiger partial charge in [-0.1, -0.05) is 48.9 Å². The number of aromatic nitrogens is 3. The molecule has 0 saturated heterocycles. The quantitative estimate of drug-likeness (QED) is 0.651. The molecule has 0 saturated carbocycles. The topological polar surface area (TPSA) is 92.5 Å². The molecule has 0 unspecified atom stereocenters. The second-order valence-electron chi connectivity index (χ2n) is 8.42. The second-order valence-corrected chi connectivity index (χ2v) is 8.42. The normalized spacial score (nSPS) is 16.1. The maximum absolute atomic E-state index is 12.9. The SMILES string of the molecule is O=C(Nc1cccc(-c2nnc3n2CCCCC3)c1)C1=NN(Cc2ccccc2)C(=O)CC1. The van der Waals surface area contributed by atoms with Gasteiger partial charge in [0.25, 0.3) is 5.91 Å². The first-order valence-electron chi connectivity index (χ1n) is 11.4. The van der Waals surface area contributed by atoms with E-state index in [4.69, 9.17) is 0 Å². The zero-order valence-electron chi connectivity index (χ0n) is 18.4. The fourth-order valence-corrected chi connectivity index (χ4v) is 4.28. The summed E-state index contributed by atoms with van der Waals surface area (Å²) in [6.45, 7) is 1.26. The van der Waals surface area contributed by atoms with Crippen LogP contribution in [0.5, 0.6) is 0 Å². The minimum Gasteiger partial charge on any atom is -0.321 e.